The van der Waals surface area contributed by atoms with Gasteiger partial charge in [-0.05, 0) is 48.6 Å². The van der Waals surface area contributed by atoms with E-state index in [0.29, 0.717) is 25.4 Å². The normalized spacial score (nSPS) is 21.0. The number of rotatable bonds is 7. The van der Waals surface area contributed by atoms with Gasteiger partial charge in [0, 0.05) is 13.1 Å². The topological polar surface area (TPSA) is 102 Å². The van der Waals surface area contributed by atoms with Crippen molar-refractivity contribution in [3.8, 4) is 5.75 Å². The summed E-state index contributed by atoms with van der Waals surface area (Å²) < 4.78 is 33.0. The standard InChI is InChI=1S/C18H29N3O4S.ClH/c1-13(2)16(17(22)21-10-9-18(3,11-19)12-21)20-26(23,24)15-7-5-14(25-4)6-8-15;/h5-8,13,16,20H,9-12,19H2,1-4H3;1H. The minimum absolute atomic E-state index is 0. The molecule has 1 aliphatic rings. The number of halogens is 1. The highest BCUT2D eigenvalue weighted by Gasteiger charge is 2.39. The van der Waals surface area contributed by atoms with Crippen molar-refractivity contribution in [3.05, 3.63) is 24.3 Å². The third-order valence-electron chi connectivity index (χ3n) is 4.95. The second-order valence-electron chi connectivity index (χ2n) is 7.54. The first-order chi connectivity index (χ1) is 12.1. The van der Waals surface area contributed by atoms with Crippen molar-refractivity contribution in [2.24, 2.45) is 17.1 Å². The molecule has 9 heteroatoms. The number of carbonyl (C=O) groups is 1. The van der Waals surface area contributed by atoms with Crippen LogP contribution in [0.25, 0.3) is 0 Å². The van der Waals surface area contributed by atoms with E-state index in [1.165, 1.54) is 19.2 Å². The Kier molecular flexibility index (Phi) is 8.10. The number of benzene rings is 1. The highest BCUT2D eigenvalue weighted by molar-refractivity contribution is 7.89. The Morgan fingerprint density at radius 1 is 1.33 bits per heavy atom. The predicted molar refractivity (Wildman–Crippen MR) is 108 cm³/mol. The molecule has 1 fully saturated rings. The molecule has 3 N–H and O–H groups in total. The fourth-order valence-electron chi connectivity index (χ4n) is 3.04. The average Bonchev–Trinajstić information content (AvgIpc) is 3.02. The molecule has 1 heterocycles. The van der Waals surface area contributed by atoms with E-state index >= 15 is 0 Å². The van der Waals surface area contributed by atoms with Gasteiger partial charge >= 0.3 is 0 Å². The number of nitrogens with one attached hydrogen (secondary N) is 1. The number of sulfonamides is 1. The summed E-state index contributed by atoms with van der Waals surface area (Å²) in [5, 5.41) is 0. The zero-order chi connectivity index (χ0) is 19.5. The molecule has 7 nitrogen and oxygen atoms in total. The predicted octanol–water partition coefficient (Wildman–Crippen LogP) is 1.62. The van der Waals surface area contributed by atoms with Gasteiger partial charge in [0.2, 0.25) is 15.9 Å². The molecule has 0 bridgehead atoms. The largest absolute Gasteiger partial charge is 0.497 e. The third kappa shape index (κ3) is 5.57. The quantitative estimate of drug-likeness (QED) is 0.699. The fourth-order valence-corrected chi connectivity index (χ4v) is 4.37. The minimum Gasteiger partial charge on any atom is -0.497 e. The highest BCUT2D eigenvalue weighted by Crippen LogP contribution is 2.29. The van der Waals surface area contributed by atoms with Crippen LogP contribution in [0.3, 0.4) is 0 Å². The lowest BCUT2D eigenvalue weighted by Gasteiger charge is -2.28. The van der Waals surface area contributed by atoms with Crippen LogP contribution in [-0.2, 0) is 14.8 Å². The Morgan fingerprint density at radius 2 is 1.93 bits per heavy atom. The van der Waals surface area contributed by atoms with Crippen molar-refractivity contribution in [1.82, 2.24) is 9.62 Å². The Balaban J connectivity index is 0.00000364. The zero-order valence-electron chi connectivity index (χ0n) is 16.3. The van der Waals surface area contributed by atoms with Gasteiger partial charge in [-0.3, -0.25) is 4.79 Å². The van der Waals surface area contributed by atoms with Crippen LogP contribution in [0.5, 0.6) is 5.75 Å². The summed E-state index contributed by atoms with van der Waals surface area (Å²) in [5.74, 6) is 0.188. The van der Waals surface area contributed by atoms with Crippen LogP contribution in [0.15, 0.2) is 29.2 Å². The first kappa shape index (κ1) is 23.7. The molecule has 0 aromatic heterocycles. The smallest absolute Gasteiger partial charge is 0.241 e. The number of nitrogens with two attached hydrogens (primary N) is 1. The maximum absolute atomic E-state index is 12.9. The first-order valence-electron chi connectivity index (χ1n) is 8.77. The molecule has 1 saturated heterocycles. The van der Waals surface area contributed by atoms with Crippen LogP contribution >= 0.6 is 12.4 Å². The van der Waals surface area contributed by atoms with Gasteiger partial charge in [0.15, 0.2) is 0 Å². The lowest BCUT2D eigenvalue weighted by molar-refractivity contribution is -0.133. The SMILES string of the molecule is COc1ccc(S(=O)(=O)NC(C(=O)N2CCC(C)(CN)C2)C(C)C)cc1.Cl. The highest BCUT2D eigenvalue weighted by atomic mass is 35.5. The first-order valence-corrected chi connectivity index (χ1v) is 10.3. The van der Waals surface area contributed by atoms with Crippen molar-refractivity contribution < 1.29 is 17.9 Å². The molecule has 2 atom stereocenters. The minimum atomic E-state index is -3.82. The molecule has 1 aliphatic heterocycles. The number of ether oxygens (including phenoxy) is 1. The van der Waals surface area contributed by atoms with E-state index < -0.39 is 16.1 Å². The van der Waals surface area contributed by atoms with E-state index in [2.05, 4.69) is 4.72 Å². The van der Waals surface area contributed by atoms with Gasteiger partial charge in [-0.2, -0.15) is 4.72 Å². The molecule has 1 amide bonds. The summed E-state index contributed by atoms with van der Waals surface area (Å²) in [4.78, 5) is 14.8. The van der Waals surface area contributed by atoms with E-state index in [-0.39, 0.29) is 34.5 Å². The maximum atomic E-state index is 12.9. The summed E-state index contributed by atoms with van der Waals surface area (Å²) in [7, 11) is -2.30. The van der Waals surface area contributed by atoms with Crippen LogP contribution in [0.4, 0.5) is 0 Å². The number of methoxy groups -OCH3 is 1. The molecule has 2 rings (SSSR count). The Bertz CT molecular complexity index is 739. The number of carbonyl (C=O) groups excluding carboxylic acids is 1. The van der Waals surface area contributed by atoms with Gasteiger partial charge < -0.3 is 15.4 Å². The van der Waals surface area contributed by atoms with Gasteiger partial charge in [0.1, 0.15) is 11.8 Å². The van der Waals surface area contributed by atoms with Crippen LogP contribution in [0.2, 0.25) is 0 Å². The Hall–Kier alpha value is -1.35. The van der Waals surface area contributed by atoms with Crippen molar-refractivity contribution in [2.45, 2.75) is 38.1 Å². The van der Waals surface area contributed by atoms with Gasteiger partial charge in [-0.1, -0.05) is 20.8 Å². The molecule has 0 radical (unpaired) electrons. The fraction of sp³-hybridized carbons (Fsp3) is 0.611. The number of nitrogens with zero attached hydrogens (tertiary/aromatic N) is 1. The monoisotopic (exact) mass is 419 g/mol. The summed E-state index contributed by atoms with van der Waals surface area (Å²) in [6, 6.07) is 5.26. The van der Waals surface area contributed by atoms with Crippen molar-refractivity contribution in [3.63, 3.8) is 0 Å². The van der Waals surface area contributed by atoms with Crippen molar-refractivity contribution in [1.29, 1.82) is 0 Å². The van der Waals surface area contributed by atoms with E-state index in [4.69, 9.17) is 10.5 Å². The molecule has 1 aromatic carbocycles. The second kappa shape index (κ2) is 9.23. The zero-order valence-corrected chi connectivity index (χ0v) is 17.9. The number of hydrogen-bond donors (Lipinski definition) is 2. The molecule has 0 spiro atoms. The molecule has 0 saturated carbocycles. The second-order valence-corrected chi connectivity index (χ2v) is 9.26. The lowest BCUT2D eigenvalue weighted by atomic mass is 9.90. The number of likely N-dealkylation sites (tertiary alicyclic amines) is 1. The van der Waals surface area contributed by atoms with Gasteiger partial charge in [-0.15, -0.1) is 12.4 Å². The van der Waals surface area contributed by atoms with Crippen LogP contribution in [-0.4, -0.2) is 52.0 Å². The number of hydrogen-bond acceptors (Lipinski definition) is 5. The third-order valence-corrected chi connectivity index (χ3v) is 6.40. The van der Waals surface area contributed by atoms with Crippen molar-refractivity contribution >= 4 is 28.3 Å². The maximum Gasteiger partial charge on any atom is 0.241 e. The van der Waals surface area contributed by atoms with E-state index in [1.807, 2.05) is 20.8 Å². The molecule has 1 aromatic rings. The van der Waals surface area contributed by atoms with Gasteiger partial charge in [0.25, 0.3) is 0 Å². The average molecular weight is 420 g/mol. The molecule has 154 valence electrons. The van der Waals surface area contributed by atoms with Crippen LogP contribution in [0, 0.1) is 11.3 Å². The summed E-state index contributed by atoms with van der Waals surface area (Å²) in [6.45, 7) is 7.36. The van der Waals surface area contributed by atoms with Crippen molar-refractivity contribution in [2.75, 3.05) is 26.7 Å². The molecule has 0 aliphatic carbocycles. The molecular weight excluding hydrogens is 390 g/mol. The van der Waals surface area contributed by atoms with E-state index in [1.54, 1.807) is 17.0 Å². The summed E-state index contributed by atoms with van der Waals surface area (Å²) in [6.07, 6.45) is 0.825. The summed E-state index contributed by atoms with van der Waals surface area (Å²) >= 11 is 0. The molecule has 2 unspecified atom stereocenters. The molecular formula is C18H30ClN3O4S. The van der Waals surface area contributed by atoms with Crippen LogP contribution < -0.4 is 15.2 Å². The summed E-state index contributed by atoms with van der Waals surface area (Å²) in [5.41, 5.74) is 5.70. The number of amides is 1. The Labute approximate surface area is 168 Å². The van der Waals surface area contributed by atoms with Gasteiger partial charge in [-0.25, -0.2) is 8.42 Å². The van der Waals surface area contributed by atoms with Gasteiger partial charge in [0.05, 0.1) is 12.0 Å². The van der Waals surface area contributed by atoms with E-state index in [9.17, 15) is 13.2 Å². The molecule has 27 heavy (non-hydrogen) atoms. The van der Waals surface area contributed by atoms with E-state index in [0.717, 1.165) is 6.42 Å². The Morgan fingerprint density at radius 3 is 2.37 bits per heavy atom. The van der Waals surface area contributed by atoms with Crippen LogP contribution in [0.1, 0.15) is 27.2 Å². The lowest BCUT2D eigenvalue weighted by Crippen LogP contribution is -2.51.